The molecular formula is C23H28N4O4S2. The summed E-state index contributed by atoms with van der Waals surface area (Å²) in [5.74, 6) is 0.362. The molecule has 1 aliphatic rings. The van der Waals surface area contributed by atoms with Crippen molar-refractivity contribution in [2.45, 2.75) is 51.3 Å². The van der Waals surface area contributed by atoms with E-state index in [2.05, 4.69) is 15.5 Å². The van der Waals surface area contributed by atoms with E-state index in [1.807, 2.05) is 38.1 Å². The molecule has 1 aromatic carbocycles. The third-order valence-corrected chi connectivity index (χ3v) is 9.06. The Morgan fingerprint density at radius 2 is 2.06 bits per heavy atom. The normalized spacial score (nSPS) is 17.2. The number of para-hydroxylation sites is 1. The molecule has 2 aromatic heterocycles. The zero-order valence-electron chi connectivity index (χ0n) is 19.0. The maximum Gasteiger partial charge on any atom is 0.244 e. The first-order chi connectivity index (χ1) is 15.8. The van der Waals surface area contributed by atoms with Crippen LogP contribution in [0.3, 0.4) is 0 Å². The Kier molecular flexibility index (Phi) is 6.96. The number of piperidine rings is 1. The fourth-order valence-electron chi connectivity index (χ4n) is 4.03. The third kappa shape index (κ3) is 4.87. The number of sulfonamides is 1. The Morgan fingerprint density at radius 1 is 1.27 bits per heavy atom. The van der Waals surface area contributed by atoms with Crippen LogP contribution in [-0.2, 0) is 27.7 Å². The van der Waals surface area contributed by atoms with Gasteiger partial charge >= 0.3 is 0 Å². The van der Waals surface area contributed by atoms with Crippen molar-refractivity contribution in [2.75, 3.05) is 18.4 Å². The summed E-state index contributed by atoms with van der Waals surface area (Å²) in [5, 5.41) is 6.96. The molecule has 33 heavy (non-hydrogen) atoms. The van der Waals surface area contributed by atoms with E-state index in [0.717, 1.165) is 17.7 Å². The number of carbonyl (C=O) groups excluding carboxylic acids is 1. The first kappa shape index (κ1) is 23.6. The van der Waals surface area contributed by atoms with E-state index in [1.165, 1.54) is 15.6 Å². The quantitative estimate of drug-likeness (QED) is 0.532. The van der Waals surface area contributed by atoms with Crippen LogP contribution in [0.5, 0.6) is 0 Å². The summed E-state index contributed by atoms with van der Waals surface area (Å²) >= 11 is 1.32. The minimum absolute atomic E-state index is 0.141. The SMILES string of the molecule is CCc1nc(-c2cc(S(=O)(=O)N3CCC[C@H](C(=O)Nc4ccccc4CC)C3)c(C)s2)no1. The fraction of sp³-hybridized carbons (Fsp3) is 0.435. The van der Waals surface area contributed by atoms with E-state index < -0.39 is 15.9 Å². The molecule has 8 nitrogen and oxygen atoms in total. The zero-order valence-corrected chi connectivity index (χ0v) is 20.6. The van der Waals surface area contributed by atoms with Crippen molar-refractivity contribution in [3.8, 4) is 10.7 Å². The first-order valence-electron chi connectivity index (χ1n) is 11.2. The van der Waals surface area contributed by atoms with E-state index in [1.54, 1.807) is 13.0 Å². The summed E-state index contributed by atoms with van der Waals surface area (Å²) in [7, 11) is -3.75. The summed E-state index contributed by atoms with van der Waals surface area (Å²) < 4.78 is 33.6. The third-order valence-electron chi connectivity index (χ3n) is 5.89. The topological polar surface area (TPSA) is 105 Å². The van der Waals surface area contributed by atoms with Gasteiger partial charge in [0.05, 0.1) is 15.7 Å². The highest BCUT2D eigenvalue weighted by Crippen LogP contribution is 2.35. The minimum Gasteiger partial charge on any atom is -0.339 e. The van der Waals surface area contributed by atoms with Gasteiger partial charge in [-0.25, -0.2) is 8.42 Å². The smallest absolute Gasteiger partial charge is 0.244 e. The molecule has 0 spiro atoms. The number of nitrogens with one attached hydrogen (secondary N) is 1. The molecule has 4 rings (SSSR count). The standard InChI is InChI=1S/C23H28N4O4S2/c1-4-16-9-6-7-11-18(16)24-23(28)17-10-8-12-27(14-17)33(29,30)20-13-19(32-15(20)3)22-25-21(5-2)31-26-22/h6-7,9,11,13,17H,4-5,8,10,12,14H2,1-3H3,(H,24,28)/t17-/m0/s1. The molecule has 1 N–H and O–H groups in total. The van der Waals surface area contributed by atoms with Gasteiger partial charge in [-0.3, -0.25) is 4.79 Å². The summed E-state index contributed by atoms with van der Waals surface area (Å²) in [6, 6.07) is 9.30. The highest BCUT2D eigenvalue weighted by atomic mass is 32.2. The highest BCUT2D eigenvalue weighted by molar-refractivity contribution is 7.89. The lowest BCUT2D eigenvalue weighted by Crippen LogP contribution is -2.43. The molecule has 10 heteroatoms. The fourth-order valence-corrected chi connectivity index (χ4v) is 7.04. The van der Waals surface area contributed by atoms with Gasteiger partial charge in [0.1, 0.15) is 0 Å². The summed E-state index contributed by atoms with van der Waals surface area (Å²) in [6.07, 6.45) is 2.71. The van der Waals surface area contributed by atoms with Gasteiger partial charge in [-0.1, -0.05) is 37.2 Å². The van der Waals surface area contributed by atoms with Gasteiger partial charge in [0.15, 0.2) is 0 Å². The largest absolute Gasteiger partial charge is 0.339 e. The van der Waals surface area contributed by atoms with Crippen molar-refractivity contribution >= 4 is 33.0 Å². The molecule has 1 aliphatic heterocycles. The lowest BCUT2D eigenvalue weighted by molar-refractivity contribution is -0.120. The summed E-state index contributed by atoms with van der Waals surface area (Å²) in [5.41, 5.74) is 1.84. The molecule has 3 aromatic rings. The Morgan fingerprint density at radius 3 is 2.79 bits per heavy atom. The Bertz CT molecular complexity index is 1250. The van der Waals surface area contributed by atoms with Crippen molar-refractivity contribution in [3.63, 3.8) is 0 Å². The number of aryl methyl sites for hydroxylation is 3. The van der Waals surface area contributed by atoms with Gasteiger partial charge in [0, 0.05) is 30.1 Å². The molecule has 0 unspecified atom stereocenters. The molecule has 1 saturated heterocycles. The molecular weight excluding hydrogens is 460 g/mol. The number of hydrogen-bond donors (Lipinski definition) is 1. The number of thiophene rings is 1. The number of carbonyl (C=O) groups is 1. The molecule has 176 valence electrons. The minimum atomic E-state index is -3.75. The number of anilines is 1. The van der Waals surface area contributed by atoms with Crippen molar-refractivity contribution in [1.82, 2.24) is 14.4 Å². The monoisotopic (exact) mass is 488 g/mol. The molecule has 1 fully saturated rings. The van der Waals surface area contributed by atoms with Gasteiger partial charge < -0.3 is 9.84 Å². The van der Waals surface area contributed by atoms with E-state index in [9.17, 15) is 13.2 Å². The molecule has 0 radical (unpaired) electrons. The zero-order chi connectivity index (χ0) is 23.6. The maximum absolute atomic E-state index is 13.5. The average Bonchev–Trinajstić information content (AvgIpc) is 3.46. The van der Waals surface area contributed by atoms with Crippen LogP contribution in [0.25, 0.3) is 10.7 Å². The van der Waals surface area contributed by atoms with Crippen molar-refractivity contribution in [1.29, 1.82) is 0 Å². The molecule has 1 atom stereocenters. The number of hydrogen-bond acceptors (Lipinski definition) is 7. The van der Waals surface area contributed by atoms with E-state index in [0.29, 0.717) is 47.3 Å². The second-order valence-corrected chi connectivity index (χ2v) is 11.3. The Hall–Kier alpha value is -2.56. The van der Waals surface area contributed by atoms with Gasteiger partial charge in [-0.15, -0.1) is 11.3 Å². The molecule has 0 bridgehead atoms. The average molecular weight is 489 g/mol. The maximum atomic E-state index is 13.5. The Balaban J connectivity index is 1.52. The summed E-state index contributed by atoms with van der Waals surface area (Å²) in [6.45, 7) is 6.28. The van der Waals surface area contributed by atoms with Crippen LogP contribution >= 0.6 is 11.3 Å². The van der Waals surface area contributed by atoms with Crippen LogP contribution < -0.4 is 5.32 Å². The lowest BCUT2D eigenvalue weighted by atomic mass is 9.98. The van der Waals surface area contributed by atoms with E-state index >= 15 is 0 Å². The van der Waals surface area contributed by atoms with Crippen LogP contribution in [0.15, 0.2) is 39.8 Å². The van der Waals surface area contributed by atoms with Crippen LogP contribution in [0, 0.1) is 12.8 Å². The van der Waals surface area contributed by atoms with Crippen molar-refractivity contribution in [3.05, 3.63) is 46.7 Å². The highest BCUT2D eigenvalue weighted by Gasteiger charge is 2.35. The number of benzene rings is 1. The van der Waals surface area contributed by atoms with Gasteiger partial charge in [0.2, 0.25) is 27.6 Å². The van der Waals surface area contributed by atoms with Crippen LogP contribution in [-0.4, -0.2) is 41.9 Å². The van der Waals surface area contributed by atoms with Gasteiger partial charge in [0.25, 0.3) is 0 Å². The summed E-state index contributed by atoms with van der Waals surface area (Å²) in [4.78, 5) is 18.8. The van der Waals surface area contributed by atoms with Crippen molar-refractivity contribution < 1.29 is 17.7 Å². The van der Waals surface area contributed by atoms with Crippen LogP contribution in [0.2, 0.25) is 0 Å². The number of aromatic nitrogens is 2. The predicted octanol–water partition coefficient (Wildman–Crippen LogP) is 4.27. The lowest BCUT2D eigenvalue weighted by Gasteiger charge is -2.31. The van der Waals surface area contributed by atoms with Gasteiger partial charge in [-0.05, 0) is 43.9 Å². The van der Waals surface area contributed by atoms with E-state index in [4.69, 9.17) is 4.52 Å². The van der Waals surface area contributed by atoms with Gasteiger partial charge in [-0.2, -0.15) is 9.29 Å². The Labute approximate surface area is 198 Å². The number of nitrogens with zero attached hydrogens (tertiary/aromatic N) is 3. The first-order valence-corrected chi connectivity index (χ1v) is 13.4. The molecule has 0 aliphatic carbocycles. The van der Waals surface area contributed by atoms with E-state index in [-0.39, 0.29) is 17.3 Å². The van der Waals surface area contributed by atoms with Crippen LogP contribution in [0.4, 0.5) is 5.69 Å². The second-order valence-electron chi connectivity index (χ2n) is 8.10. The number of amides is 1. The van der Waals surface area contributed by atoms with Crippen molar-refractivity contribution in [2.24, 2.45) is 5.92 Å². The molecule has 1 amide bonds. The molecule has 3 heterocycles. The molecule has 0 saturated carbocycles. The van der Waals surface area contributed by atoms with Crippen LogP contribution in [0.1, 0.15) is 43.0 Å². The number of rotatable bonds is 7. The predicted molar refractivity (Wildman–Crippen MR) is 128 cm³/mol. The second kappa shape index (κ2) is 9.74.